The Morgan fingerprint density at radius 3 is 2.61 bits per heavy atom. The van der Waals surface area contributed by atoms with Gasteiger partial charge in [0.15, 0.2) is 11.4 Å². The van der Waals surface area contributed by atoms with Gasteiger partial charge in [-0.2, -0.15) is 4.98 Å². The third-order valence-corrected chi connectivity index (χ3v) is 18.2. The number of morpholine rings is 2. The van der Waals surface area contributed by atoms with Gasteiger partial charge in [-0.3, -0.25) is 24.7 Å². The van der Waals surface area contributed by atoms with Crippen LogP contribution in [0.1, 0.15) is 66.1 Å². The standard InChI is InChI=1S/C52H59N9O10S/c1-31-4-2-3-5-39(31)45-29-68-17-15-59(45)36-23-52(24-36)10-13-57(14-11-52)34-6-7-40(42(20-34)60-41-9-16-67-30-47(41)71-51-44(60)18-32-8-12-53-49(32)55-51)50(62)56-72(65,66)38-21-43(61(63)64)48-46(22-38)70-27-33(54-48)25-58-26-37-19-35(58)28-69-37/h2-8,12,18,20-22,33,35-37,41,45,47,54H,9-11,13-17,19,23-30H2,1H3,(H,53,55)(H,56,62)/t33-,35-,37-,41+,45+,47+/m1/s1. The number of benzene rings is 3. The van der Waals surface area contributed by atoms with Crippen molar-refractivity contribution in [1.29, 1.82) is 0 Å². The molecule has 0 radical (unpaired) electrons. The Kier molecular flexibility index (Phi) is 11.4. The number of amides is 1. The summed E-state index contributed by atoms with van der Waals surface area (Å²) in [5.74, 6) is -0.501. The van der Waals surface area contributed by atoms with E-state index < -0.39 is 37.5 Å². The van der Waals surface area contributed by atoms with Crippen molar-refractivity contribution in [2.75, 3.05) is 87.5 Å². The number of hydrogen-bond acceptors (Lipinski definition) is 16. The van der Waals surface area contributed by atoms with Gasteiger partial charge in [0.25, 0.3) is 21.6 Å². The summed E-state index contributed by atoms with van der Waals surface area (Å²) in [6, 6.07) is 20.9. The number of piperidine rings is 1. The molecule has 6 fully saturated rings. The van der Waals surface area contributed by atoms with Gasteiger partial charge in [0.2, 0.25) is 5.88 Å². The molecule has 20 heteroatoms. The summed E-state index contributed by atoms with van der Waals surface area (Å²) in [7, 11) is -4.70. The Morgan fingerprint density at radius 1 is 0.958 bits per heavy atom. The first kappa shape index (κ1) is 45.8. The zero-order valence-corrected chi connectivity index (χ0v) is 41.0. The van der Waals surface area contributed by atoms with E-state index in [1.807, 2.05) is 30.5 Å². The maximum Gasteiger partial charge on any atom is 0.297 e. The largest absolute Gasteiger partial charge is 0.489 e. The van der Waals surface area contributed by atoms with Crippen molar-refractivity contribution in [2.24, 2.45) is 5.41 Å². The van der Waals surface area contributed by atoms with E-state index in [9.17, 15) is 23.3 Å². The number of anilines is 4. The van der Waals surface area contributed by atoms with Crippen LogP contribution in [0.25, 0.3) is 11.0 Å². The number of ether oxygens (including phenoxy) is 5. The molecular weight excluding hydrogens is 943 g/mol. The van der Waals surface area contributed by atoms with E-state index in [4.69, 9.17) is 28.7 Å². The van der Waals surface area contributed by atoms with Gasteiger partial charge in [-0.1, -0.05) is 24.3 Å². The SMILES string of the molecule is Cc1ccccc1[C@@H]1COCCN1C1CC2(CCN(c3ccc(C(=O)NS(=O)(=O)c4cc5c(c([N+](=O)[O-])c4)N[C@H](CN4C[C@H]6C[C@@H]4CO6)CO5)c(N4c5cc6cc[nH]c6nc5O[C@H]5COCC[C@@H]54)c3)CC2)C1. The number of nitro groups is 1. The van der Waals surface area contributed by atoms with Crippen molar-refractivity contribution < 1.29 is 41.8 Å². The predicted molar refractivity (Wildman–Crippen MR) is 267 cm³/mol. The first-order chi connectivity index (χ1) is 35.0. The average Bonchev–Trinajstić information content (AvgIpc) is 4.15. The Morgan fingerprint density at radius 2 is 1.81 bits per heavy atom. The van der Waals surface area contributed by atoms with Crippen molar-refractivity contribution in [3.05, 3.63) is 99.7 Å². The van der Waals surface area contributed by atoms with Gasteiger partial charge >= 0.3 is 0 Å². The van der Waals surface area contributed by atoms with Gasteiger partial charge in [-0.05, 0) is 92.3 Å². The van der Waals surface area contributed by atoms with Crippen LogP contribution in [0.5, 0.6) is 11.6 Å². The molecule has 2 bridgehead atoms. The number of rotatable bonds is 10. The van der Waals surface area contributed by atoms with Gasteiger partial charge < -0.3 is 43.8 Å². The molecule has 13 rings (SSSR count). The molecule has 3 aromatic carbocycles. The van der Waals surface area contributed by atoms with Crippen LogP contribution in [0, 0.1) is 22.5 Å². The number of pyridine rings is 1. The maximum absolute atomic E-state index is 14.8. The Balaban J connectivity index is 0.789. The summed E-state index contributed by atoms with van der Waals surface area (Å²) >= 11 is 0. The number of aromatic amines is 1. The lowest BCUT2D eigenvalue weighted by molar-refractivity contribution is -0.384. The third-order valence-electron chi connectivity index (χ3n) is 16.8. The van der Waals surface area contributed by atoms with Gasteiger partial charge in [-0.15, -0.1) is 0 Å². The molecule has 378 valence electrons. The topological polar surface area (TPSA) is 206 Å². The Hall–Kier alpha value is -6.03. The molecule has 1 amide bonds. The van der Waals surface area contributed by atoms with Crippen LogP contribution in [-0.2, 0) is 24.2 Å². The first-order valence-corrected chi connectivity index (χ1v) is 26.9. The highest BCUT2D eigenvalue weighted by Gasteiger charge is 2.50. The van der Waals surface area contributed by atoms with E-state index in [2.05, 4.69) is 65.8 Å². The lowest BCUT2D eigenvalue weighted by atomic mass is 9.59. The minimum Gasteiger partial charge on any atom is -0.489 e. The van der Waals surface area contributed by atoms with Crippen LogP contribution in [-0.4, -0.2) is 148 Å². The highest BCUT2D eigenvalue weighted by atomic mass is 32.2. The molecule has 0 unspecified atom stereocenters. The fraction of sp³-hybridized carbons (Fsp3) is 0.500. The monoisotopic (exact) mass is 1000 g/mol. The number of carbonyl (C=O) groups excluding carboxylic acids is 1. The van der Waals surface area contributed by atoms with Crippen molar-refractivity contribution >= 4 is 55.4 Å². The van der Waals surface area contributed by atoms with Crippen LogP contribution < -0.4 is 29.3 Å². The fourth-order valence-electron chi connectivity index (χ4n) is 13.1. The molecule has 6 atom stereocenters. The quantitative estimate of drug-likeness (QED) is 0.108. The molecule has 2 aromatic heterocycles. The number of carbonyl (C=O) groups is 1. The average molecular weight is 1000 g/mol. The molecule has 7 aliphatic heterocycles. The molecule has 9 heterocycles. The van der Waals surface area contributed by atoms with E-state index in [1.54, 1.807) is 6.07 Å². The molecule has 5 saturated heterocycles. The number of H-pyrrole nitrogens is 1. The molecule has 1 spiro atoms. The summed E-state index contributed by atoms with van der Waals surface area (Å²) in [5, 5.41) is 16.7. The van der Waals surface area contributed by atoms with Crippen molar-refractivity contribution in [1.82, 2.24) is 24.5 Å². The van der Waals surface area contributed by atoms with Crippen molar-refractivity contribution in [3.8, 4) is 11.6 Å². The number of aryl methyl sites for hydroxylation is 1. The summed E-state index contributed by atoms with van der Waals surface area (Å²) in [4.78, 5) is 43.8. The normalized spacial score (nSPS) is 27.0. The number of sulfonamides is 1. The highest BCUT2D eigenvalue weighted by molar-refractivity contribution is 7.90. The number of nitro benzene ring substituents is 1. The number of nitrogens with one attached hydrogen (secondary N) is 3. The van der Waals surface area contributed by atoms with Crippen LogP contribution in [0.4, 0.5) is 28.4 Å². The zero-order valence-electron chi connectivity index (χ0n) is 40.2. The number of fused-ring (bicyclic) bond motifs is 6. The highest BCUT2D eigenvalue weighted by Crippen LogP contribution is 2.54. The lowest BCUT2D eigenvalue weighted by Crippen LogP contribution is -2.58. The van der Waals surface area contributed by atoms with Crippen molar-refractivity contribution in [2.45, 2.75) is 92.8 Å². The summed E-state index contributed by atoms with van der Waals surface area (Å²) < 4.78 is 61.3. The summed E-state index contributed by atoms with van der Waals surface area (Å²) in [5.41, 5.74) is 5.32. The van der Waals surface area contributed by atoms with Gasteiger partial charge in [0.05, 0.1) is 71.7 Å². The third kappa shape index (κ3) is 8.10. The lowest BCUT2D eigenvalue weighted by Gasteiger charge is -2.57. The van der Waals surface area contributed by atoms with Gasteiger partial charge in [0.1, 0.15) is 24.0 Å². The van der Waals surface area contributed by atoms with E-state index in [0.717, 1.165) is 82.0 Å². The van der Waals surface area contributed by atoms with Crippen LogP contribution in [0.3, 0.4) is 0 Å². The molecular formula is C52H59N9O10S. The Labute approximate surface area is 417 Å². The van der Waals surface area contributed by atoms with Crippen LogP contribution >= 0.6 is 0 Å². The van der Waals surface area contributed by atoms with E-state index in [0.29, 0.717) is 74.4 Å². The Bertz CT molecular complexity index is 3060. The molecule has 1 saturated carbocycles. The molecule has 19 nitrogen and oxygen atoms in total. The van der Waals surface area contributed by atoms with E-state index in [-0.39, 0.29) is 53.3 Å². The predicted octanol–water partition coefficient (Wildman–Crippen LogP) is 6.05. The van der Waals surface area contributed by atoms with Gasteiger partial charge in [-0.25, -0.2) is 13.1 Å². The van der Waals surface area contributed by atoms with Crippen LogP contribution in [0.15, 0.2) is 77.8 Å². The van der Waals surface area contributed by atoms with Gasteiger partial charge in [0, 0.05) is 80.8 Å². The molecule has 8 aliphatic rings. The smallest absolute Gasteiger partial charge is 0.297 e. The molecule has 3 N–H and O–H groups in total. The molecule has 5 aromatic rings. The second kappa shape index (κ2) is 17.9. The number of aromatic nitrogens is 2. The summed E-state index contributed by atoms with van der Waals surface area (Å²) in [6.07, 6.45) is 7.43. The molecule has 72 heavy (non-hydrogen) atoms. The minimum absolute atomic E-state index is 0.0249. The van der Waals surface area contributed by atoms with E-state index in [1.165, 1.54) is 17.2 Å². The van der Waals surface area contributed by atoms with Crippen LogP contribution in [0.2, 0.25) is 0 Å². The molecule has 1 aliphatic carbocycles. The summed E-state index contributed by atoms with van der Waals surface area (Å²) in [6.45, 7) is 9.18. The minimum atomic E-state index is -4.70. The number of likely N-dealkylation sites (tertiary alicyclic amines) is 1. The number of hydrogen-bond donors (Lipinski definition) is 3. The second-order valence-corrected chi connectivity index (χ2v) is 22.8. The first-order valence-electron chi connectivity index (χ1n) is 25.4. The maximum atomic E-state index is 14.8. The fourth-order valence-corrected chi connectivity index (χ4v) is 14.1. The second-order valence-electron chi connectivity index (χ2n) is 21.1. The number of nitrogens with zero attached hydrogens (tertiary/aromatic N) is 6. The zero-order chi connectivity index (χ0) is 48.9. The van der Waals surface area contributed by atoms with E-state index >= 15 is 0 Å². The van der Waals surface area contributed by atoms with Crippen molar-refractivity contribution in [3.63, 3.8) is 0 Å².